The van der Waals surface area contributed by atoms with Crippen LogP contribution in [0.4, 0.5) is 0 Å². The molecule has 0 aromatic heterocycles. The van der Waals surface area contributed by atoms with E-state index in [-0.39, 0.29) is 12.3 Å². The number of hydrogen-bond acceptors (Lipinski definition) is 6. The summed E-state index contributed by atoms with van der Waals surface area (Å²) >= 11 is 0. The quantitative estimate of drug-likeness (QED) is 0.282. The molecule has 0 spiro atoms. The molecule has 0 aliphatic heterocycles. The van der Waals surface area contributed by atoms with E-state index in [1.807, 2.05) is 56.3 Å². The van der Waals surface area contributed by atoms with E-state index in [0.717, 1.165) is 33.5 Å². The predicted octanol–water partition coefficient (Wildman–Crippen LogP) is 5.13. The van der Waals surface area contributed by atoms with Gasteiger partial charge in [0.2, 0.25) is 0 Å². The van der Waals surface area contributed by atoms with Gasteiger partial charge in [-0.3, -0.25) is 0 Å². The molecule has 0 fully saturated rings. The van der Waals surface area contributed by atoms with E-state index < -0.39 is 5.97 Å². The minimum atomic E-state index is -0.587. The smallest absolute Gasteiger partial charge is 0.360 e. The maximum atomic E-state index is 12.2. The molecule has 3 aromatic rings. The normalized spacial score (nSPS) is 11.8. The van der Waals surface area contributed by atoms with Gasteiger partial charge in [-0.25, -0.2) is 4.79 Å². The van der Waals surface area contributed by atoms with Crippen LogP contribution in [0.1, 0.15) is 29.2 Å². The molecule has 6 heteroatoms. The van der Waals surface area contributed by atoms with Gasteiger partial charge in [0.1, 0.15) is 13.7 Å². The summed E-state index contributed by atoms with van der Waals surface area (Å²) in [5.74, 6) is -0.587. The van der Waals surface area contributed by atoms with Crippen molar-refractivity contribution >= 4 is 17.4 Å². The van der Waals surface area contributed by atoms with Gasteiger partial charge >= 0.3 is 5.97 Å². The molecule has 0 radical (unpaired) electrons. The van der Waals surface area contributed by atoms with Gasteiger partial charge in [-0.05, 0) is 42.2 Å². The molecule has 0 saturated carbocycles. The van der Waals surface area contributed by atoms with E-state index in [0.29, 0.717) is 5.56 Å². The molecule has 0 amide bonds. The first kappa shape index (κ1) is 22.7. The lowest BCUT2D eigenvalue weighted by molar-refractivity contribution is -0.132. The van der Waals surface area contributed by atoms with Crippen molar-refractivity contribution in [1.82, 2.24) is 0 Å². The molecule has 0 unspecified atom stereocenters. The first-order valence-corrected chi connectivity index (χ1v) is 10.2. The van der Waals surface area contributed by atoms with Gasteiger partial charge in [0, 0.05) is 11.1 Å². The van der Waals surface area contributed by atoms with Gasteiger partial charge in [0.25, 0.3) is 0 Å². The highest BCUT2D eigenvalue weighted by Gasteiger charge is 2.20. The van der Waals surface area contributed by atoms with E-state index in [9.17, 15) is 4.79 Å². The zero-order chi connectivity index (χ0) is 22.9. The molecule has 0 atom stereocenters. The Kier molecular flexibility index (Phi) is 7.75. The number of esters is 1. The number of rotatable bonds is 8. The van der Waals surface area contributed by atoms with Crippen LogP contribution in [0.25, 0.3) is 11.1 Å². The second kappa shape index (κ2) is 10.9. The first-order valence-electron chi connectivity index (χ1n) is 10.2. The molecule has 6 nitrogen and oxygen atoms in total. The summed E-state index contributed by atoms with van der Waals surface area (Å²) < 4.78 is 4.84. The maximum absolute atomic E-state index is 12.2. The van der Waals surface area contributed by atoms with Crippen molar-refractivity contribution in [2.24, 2.45) is 10.3 Å². The largest absolute Gasteiger partial charge is 0.464 e. The Morgan fingerprint density at radius 1 is 0.875 bits per heavy atom. The van der Waals surface area contributed by atoms with Crippen LogP contribution in [0.15, 0.2) is 83.1 Å². The Morgan fingerprint density at radius 3 is 2.31 bits per heavy atom. The summed E-state index contributed by atoms with van der Waals surface area (Å²) in [5.41, 5.74) is 6.34. The number of aryl methyl sites for hydroxylation is 1. The van der Waals surface area contributed by atoms with Gasteiger partial charge in [0.15, 0.2) is 5.71 Å². The summed E-state index contributed by atoms with van der Waals surface area (Å²) in [5, 5.41) is 8.15. The summed E-state index contributed by atoms with van der Waals surface area (Å²) in [6.45, 7) is 4.00. The average Bonchev–Trinajstić information content (AvgIpc) is 2.83. The molecule has 0 aliphatic carbocycles. The van der Waals surface area contributed by atoms with Gasteiger partial charge in [-0.2, -0.15) is 0 Å². The van der Waals surface area contributed by atoms with Crippen LogP contribution in [0.2, 0.25) is 0 Å². The van der Waals surface area contributed by atoms with Crippen molar-refractivity contribution in [2.75, 3.05) is 14.2 Å². The number of hydrogen-bond donors (Lipinski definition) is 0. The molecule has 3 aromatic carbocycles. The van der Waals surface area contributed by atoms with Crippen molar-refractivity contribution in [1.29, 1.82) is 0 Å². The molecule has 32 heavy (non-hydrogen) atoms. The van der Waals surface area contributed by atoms with Crippen molar-refractivity contribution in [3.05, 3.63) is 95.1 Å². The molecule has 0 saturated heterocycles. The van der Waals surface area contributed by atoms with Crippen LogP contribution >= 0.6 is 0 Å². The summed E-state index contributed by atoms with van der Waals surface area (Å²) in [4.78, 5) is 22.7. The zero-order valence-corrected chi connectivity index (χ0v) is 18.7. The summed E-state index contributed by atoms with van der Waals surface area (Å²) in [6.07, 6.45) is 0. The second-order valence-corrected chi connectivity index (χ2v) is 7.11. The highest BCUT2D eigenvalue weighted by molar-refractivity contribution is 6.43. The lowest BCUT2D eigenvalue weighted by Crippen LogP contribution is -2.20. The third-order valence-electron chi connectivity index (χ3n) is 5.02. The fourth-order valence-electron chi connectivity index (χ4n) is 3.30. The molecular weight excluding hydrogens is 404 g/mol. The standard InChI is InChI=1S/C26H26N2O4/c1-18-10-8-15-23(25(28-31-4)26(29)30-3)24(18)17-32-27-19(2)21-13-9-14-22(16-21)20-11-6-5-7-12-20/h5-16H,17H2,1-4H3/b27-19+,28-25+. The number of oxime groups is 2. The third-order valence-corrected chi connectivity index (χ3v) is 5.02. The van der Waals surface area contributed by atoms with Crippen LogP contribution < -0.4 is 0 Å². The Bertz CT molecular complexity index is 1140. The number of methoxy groups -OCH3 is 1. The van der Waals surface area contributed by atoms with Crippen molar-refractivity contribution in [3.63, 3.8) is 0 Å². The zero-order valence-electron chi connectivity index (χ0n) is 18.7. The monoisotopic (exact) mass is 430 g/mol. The van der Waals surface area contributed by atoms with Gasteiger partial charge in [-0.15, -0.1) is 0 Å². The van der Waals surface area contributed by atoms with Crippen LogP contribution in [0, 0.1) is 6.92 Å². The molecule has 0 N–H and O–H groups in total. The van der Waals surface area contributed by atoms with Crippen LogP contribution in [-0.2, 0) is 25.8 Å². The van der Waals surface area contributed by atoms with E-state index in [1.54, 1.807) is 6.07 Å². The van der Waals surface area contributed by atoms with Crippen molar-refractivity contribution in [2.45, 2.75) is 20.5 Å². The van der Waals surface area contributed by atoms with Crippen LogP contribution in [0.5, 0.6) is 0 Å². The SMILES string of the molecule is CO/N=C(/C(=O)OC)c1cccc(C)c1CO/N=C(\C)c1cccc(-c2ccccc2)c1. The van der Waals surface area contributed by atoms with Gasteiger partial charge in [-0.1, -0.05) is 77.0 Å². The molecule has 0 bridgehead atoms. The Morgan fingerprint density at radius 2 is 1.59 bits per heavy atom. The van der Waals surface area contributed by atoms with Crippen LogP contribution in [-0.4, -0.2) is 31.6 Å². The third kappa shape index (κ3) is 5.40. The highest BCUT2D eigenvalue weighted by atomic mass is 16.6. The fraction of sp³-hybridized carbons (Fsp3) is 0.192. The lowest BCUT2D eigenvalue weighted by Gasteiger charge is -2.12. The van der Waals surface area contributed by atoms with Gasteiger partial charge in [0.05, 0.1) is 12.8 Å². The van der Waals surface area contributed by atoms with Gasteiger partial charge < -0.3 is 14.4 Å². The Hall–Kier alpha value is -3.93. The number of carbonyl (C=O) groups excluding carboxylic acids is 1. The number of ether oxygens (including phenoxy) is 1. The molecular formula is C26H26N2O4. The second-order valence-electron chi connectivity index (χ2n) is 7.11. The van der Waals surface area contributed by atoms with E-state index in [1.165, 1.54) is 14.2 Å². The van der Waals surface area contributed by atoms with E-state index >= 15 is 0 Å². The first-order chi connectivity index (χ1) is 15.5. The average molecular weight is 431 g/mol. The fourth-order valence-corrected chi connectivity index (χ4v) is 3.30. The maximum Gasteiger partial charge on any atom is 0.360 e. The minimum absolute atomic E-state index is 0.0774. The number of carbonyl (C=O) groups is 1. The van der Waals surface area contributed by atoms with E-state index in [2.05, 4.69) is 34.6 Å². The van der Waals surface area contributed by atoms with E-state index in [4.69, 9.17) is 14.4 Å². The highest BCUT2D eigenvalue weighted by Crippen LogP contribution is 2.21. The van der Waals surface area contributed by atoms with Crippen molar-refractivity contribution < 1.29 is 19.2 Å². The minimum Gasteiger partial charge on any atom is -0.464 e. The van der Waals surface area contributed by atoms with Crippen LogP contribution in [0.3, 0.4) is 0 Å². The molecule has 0 aliphatic rings. The predicted molar refractivity (Wildman–Crippen MR) is 126 cm³/mol. The molecule has 3 rings (SSSR count). The summed E-state index contributed by atoms with van der Waals surface area (Å²) in [6, 6.07) is 23.9. The molecule has 0 heterocycles. The number of nitrogens with zero attached hydrogens (tertiary/aromatic N) is 2. The Labute approximate surface area is 188 Å². The molecule has 164 valence electrons. The lowest BCUT2D eigenvalue weighted by atomic mass is 9.99. The van der Waals surface area contributed by atoms with Crippen molar-refractivity contribution in [3.8, 4) is 11.1 Å². The number of benzene rings is 3. The summed E-state index contributed by atoms with van der Waals surface area (Å²) in [7, 11) is 2.68. The Balaban J connectivity index is 1.82. The topological polar surface area (TPSA) is 69.5 Å².